The van der Waals surface area contributed by atoms with Gasteiger partial charge in [-0.3, -0.25) is 4.79 Å². The molecule has 1 aromatic heterocycles. The van der Waals surface area contributed by atoms with Gasteiger partial charge < -0.3 is 14.1 Å². The molecule has 150 valence electrons. The smallest absolute Gasteiger partial charge is 0.277 e. The number of nitrogens with zero attached hydrogens (tertiary/aromatic N) is 3. The number of piperidine rings is 1. The van der Waals surface area contributed by atoms with Crippen molar-refractivity contribution in [1.82, 2.24) is 15.1 Å². The fourth-order valence-electron chi connectivity index (χ4n) is 3.46. The zero-order valence-corrected chi connectivity index (χ0v) is 17.1. The van der Waals surface area contributed by atoms with Gasteiger partial charge in [-0.05, 0) is 48.7 Å². The maximum absolute atomic E-state index is 13.3. The van der Waals surface area contributed by atoms with Crippen molar-refractivity contribution in [3.05, 3.63) is 60.2 Å². The van der Waals surface area contributed by atoms with E-state index in [9.17, 15) is 4.79 Å². The van der Waals surface area contributed by atoms with Gasteiger partial charge in [0, 0.05) is 13.1 Å². The van der Waals surface area contributed by atoms with Crippen LogP contribution in [0.1, 0.15) is 30.1 Å². The van der Waals surface area contributed by atoms with Crippen LogP contribution >= 0.6 is 11.8 Å². The van der Waals surface area contributed by atoms with E-state index < -0.39 is 5.25 Å². The molecule has 2 aromatic carbocycles. The number of amides is 1. The number of thioether (sulfide) groups is 1. The number of hydrogen-bond donors (Lipinski definition) is 0. The minimum Gasteiger partial charge on any atom is -0.496 e. The lowest BCUT2D eigenvalue weighted by Crippen LogP contribution is -2.38. The van der Waals surface area contributed by atoms with Gasteiger partial charge in [-0.15, -0.1) is 10.2 Å². The number of carbonyl (C=O) groups excluding carboxylic acids is 1. The Kier molecular flexibility index (Phi) is 6.14. The third-order valence-corrected chi connectivity index (χ3v) is 6.03. The fraction of sp³-hybridized carbons (Fsp3) is 0.318. The van der Waals surface area contributed by atoms with Crippen LogP contribution in [0.4, 0.5) is 0 Å². The topological polar surface area (TPSA) is 68.5 Å². The molecule has 0 N–H and O–H groups in total. The summed E-state index contributed by atoms with van der Waals surface area (Å²) in [6, 6.07) is 17.3. The first-order valence-corrected chi connectivity index (χ1v) is 10.6. The van der Waals surface area contributed by atoms with E-state index in [4.69, 9.17) is 9.15 Å². The molecule has 1 saturated heterocycles. The van der Waals surface area contributed by atoms with Gasteiger partial charge in [0.05, 0.1) is 12.7 Å². The Balaban J connectivity index is 1.60. The van der Waals surface area contributed by atoms with Crippen molar-refractivity contribution < 1.29 is 13.9 Å². The van der Waals surface area contributed by atoms with Gasteiger partial charge in [0.15, 0.2) is 0 Å². The van der Waals surface area contributed by atoms with Crippen LogP contribution in [0, 0.1) is 0 Å². The second kappa shape index (κ2) is 9.13. The Bertz CT molecular complexity index is 955. The third-order valence-electron chi connectivity index (χ3n) is 4.96. The Morgan fingerprint density at radius 3 is 2.52 bits per heavy atom. The maximum atomic E-state index is 13.3. The molecule has 0 radical (unpaired) electrons. The van der Waals surface area contributed by atoms with Crippen LogP contribution in [0.5, 0.6) is 5.75 Å². The largest absolute Gasteiger partial charge is 0.496 e. The molecule has 4 rings (SSSR count). The fourth-order valence-corrected chi connectivity index (χ4v) is 4.42. The Morgan fingerprint density at radius 2 is 1.76 bits per heavy atom. The van der Waals surface area contributed by atoms with Gasteiger partial charge in [0.1, 0.15) is 11.0 Å². The number of methoxy groups -OCH3 is 1. The zero-order chi connectivity index (χ0) is 20.1. The van der Waals surface area contributed by atoms with Gasteiger partial charge >= 0.3 is 0 Å². The second-order valence-electron chi connectivity index (χ2n) is 6.87. The van der Waals surface area contributed by atoms with E-state index in [0.29, 0.717) is 16.9 Å². The van der Waals surface area contributed by atoms with E-state index in [1.165, 1.54) is 18.2 Å². The molecule has 0 saturated carbocycles. The molecule has 1 unspecified atom stereocenters. The summed E-state index contributed by atoms with van der Waals surface area (Å²) in [5.41, 5.74) is 1.66. The molecule has 1 aliphatic rings. The molecule has 1 aliphatic heterocycles. The summed E-state index contributed by atoms with van der Waals surface area (Å²) in [6.45, 7) is 1.61. The molecule has 0 aliphatic carbocycles. The van der Waals surface area contributed by atoms with Gasteiger partial charge in [0.25, 0.3) is 11.1 Å². The number of para-hydroxylation sites is 1. The van der Waals surface area contributed by atoms with Crippen molar-refractivity contribution in [3.63, 3.8) is 0 Å². The van der Waals surface area contributed by atoms with Crippen LogP contribution in [-0.2, 0) is 4.79 Å². The van der Waals surface area contributed by atoms with Crippen molar-refractivity contribution in [1.29, 1.82) is 0 Å². The predicted molar refractivity (Wildman–Crippen MR) is 112 cm³/mol. The first kappa shape index (κ1) is 19.5. The quantitative estimate of drug-likeness (QED) is 0.555. The highest BCUT2D eigenvalue weighted by atomic mass is 32.2. The Labute approximate surface area is 174 Å². The van der Waals surface area contributed by atoms with Gasteiger partial charge in [-0.2, -0.15) is 0 Å². The average Bonchev–Trinajstić information content (AvgIpc) is 3.26. The standard InChI is InChI=1S/C22H23N3O3S/c1-27-18-13-7-6-12-17(18)20-23-24-22(28-20)29-19(16-10-4-2-5-11-16)21(26)25-14-8-3-9-15-25/h2,4-7,10-13,19H,3,8-9,14-15H2,1H3. The monoisotopic (exact) mass is 409 g/mol. The molecule has 1 amide bonds. The molecule has 0 bridgehead atoms. The SMILES string of the molecule is COc1ccccc1-c1nnc(SC(C(=O)N2CCCCC2)c2ccccc2)o1. The highest BCUT2D eigenvalue weighted by Gasteiger charge is 2.30. The Morgan fingerprint density at radius 1 is 1.03 bits per heavy atom. The van der Waals surface area contributed by atoms with E-state index in [2.05, 4.69) is 10.2 Å². The van der Waals surface area contributed by atoms with Crippen molar-refractivity contribution in [2.75, 3.05) is 20.2 Å². The molecule has 29 heavy (non-hydrogen) atoms. The number of rotatable bonds is 6. The number of hydrogen-bond acceptors (Lipinski definition) is 6. The summed E-state index contributed by atoms with van der Waals surface area (Å²) in [5, 5.41) is 8.30. The van der Waals surface area contributed by atoms with E-state index in [0.717, 1.165) is 37.1 Å². The van der Waals surface area contributed by atoms with Crippen LogP contribution in [-0.4, -0.2) is 41.2 Å². The molecular formula is C22H23N3O3S. The second-order valence-corrected chi connectivity index (χ2v) is 7.92. The molecule has 3 aromatic rings. The summed E-state index contributed by atoms with van der Waals surface area (Å²) >= 11 is 1.30. The van der Waals surface area contributed by atoms with Crippen LogP contribution < -0.4 is 4.74 Å². The minimum absolute atomic E-state index is 0.0953. The molecule has 1 fully saturated rings. The van der Waals surface area contributed by atoms with E-state index >= 15 is 0 Å². The van der Waals surface area contributed by atoms with Crippen molar-refractivity contribution in [3.8, 4) is 17.2 Å². The number of aromatic nitrogens is 2. The summed E-state index contributed by atoms with van der Waals surface area (Å²) in [5.74, 6) is 1.14. The van der Waals surface area contributed by atoms with Crippen molar-refractivity contribution in [2.24, 2.45) is 0 Å². The highest BCUT2D eigenvalue weighted by Crippen LogP contribution is 2.38. The first-order valence-electron chi connectivity index (χ1n) is 9.73. The van der Waals surface area contributed by atoms with Gasteiger partial charge in [-0.25, -0.2) is 0 Å². The lowest BCUT2D eigenvalue weighted by Gasteiger charge is -2.29. The van der Waals surface area contributed by atoms with E-state index in [-0.39, 0.29) is 5.91 Å². The molecule has 0 spiro atoms. The Hall–Kier alpha value is -2.80. The van der Waals surface area contributed by atoms with Crippen LogP contribution in [0.2, 0.25) is 0 Å². The van der Waals surface area contributed by atoms with Crippen LogP contribution in [0.3, 0.4) is 0 Å². The number of likely N-dealkylation sites (tertiary alicyclic amines) is 1. The third kappa shape index (κ3) is 4.45. The lowest BCUT2D eigenvalue weighted by molar-refractivity contribution is -0.131. The number of benzene rings is 2. The molecule has 2 heterocycles. The lowest BCUT2D eigenvalue weighted by atomic mass is 10.1. The number of carbonyl (C=O) groups is 1. The van der Waals surface area contributed by atoms with Crippen molar-refractivity contribution >= 4 is 17.7 Å². The van der Waals surface area contributed by atoms with Crippen LogP contribution in [0.15, 0.2) is 64.2 Å². The molecule has 7 heteroatoms. The summed E-state index contributed by atoms with van der Waals surface area (Å²) < 4.78 is 11.3. The van der Waals surface area contributed by atoms with Gasteiger partial charge in [-0.1, -0.05) is 42.5 Å². The van der Waals surface area contributed by atoms with Gasteiger partial charge in [0.2, 0.25) is 5.91 Å². The minimum atomic E-state index is -0.416. The summed E-state index contributed by atoms with van der Waals surface area (Å²) in [6.07, 6.45) is 3.28. The average molecular weight is 410 g/mol. The predicted octanol–water partition coefficient (Wildman–Crippen LogP) is 4.59. The van der Waals surface area contributed by atoms with E-state index in [1.54, 1.807) is 7.11 Å². The molecule has 1 atom stereocenters. The first-order chi connectivity index (χ1) is 14.3. The normalized spacial score (nSPS) is 15.1. The number of ether oxygens (including phenoxy) is 1. The molecule has 6 nitrogen and oxygen atoms in total. The highest BCUT2D eigenvalue weighted by molar-refractivity contribution is 8.00. The van der Waals surface area contributed by atoms with Crippen molar-refractivity contribution in [2.45, 2.75) is 29.7 Å². The molecular weight excluding hydrogens is 386 g/mol. The summed E-state index contributed by atoms with van der Waals surface area (Å²) in [7, 11) is 1.60. The van der Waals surface area contributed by atoms with Crippen LogP contribution in [0.25, 0.3) is 11.5 Å². The summed E-state index contributed by atoms with van der Waals surface area (Å²) in [4.78, 5) is 15.2. The zero-order valence-electron chi connectivity index (χ0n) is 16.3. The maximum Gasteiger partial charge on any atom is 0.277 e. The van der Waals surface area contributed by atoms with E-state index in [1.807, 2.05) is 59.5 Å².